The van der Waals surface area contributed by atoms with Gasteiger partial charge in [-0.2, -0.15) is 0 Å². The first-order chi connectivity index (χ1) is 10.7. The Morgan fingerprint density at radius 1 is 1.04 bits per heavy atom. The zero-order valence-corrected chi connectivity index (χ0v) is 19.0. The first-order valence-corrected chi connectivity index (χ1v) is 16.8. The Morgan fingerprint density at radius 2 is 1.57 bits per heavy atom. The van der Waals surface area contributed by atoms with E-state index < -0.39 is 12.3 Å². The van der Waals surface area contributed by atoms with Crippen molar-refractivity contribution in [1.29, 1.82) is 0 Å². The molecule has 1 rings (SSSR count). The van der Waals surface area contributed by atoms with Gasteiger partial charge in [0, 0.05) is 0 Å². The molecule has 1 heterocycles. The predicted octanol–water partition coefficient (Wildman–Crippen LogP) is 4.47. The van der Waals surface area contributed by atoms with Crippen molar-refractivity contribution in [3.63, 3.8) is 0 Å². The van der Waals surface area contributed by atoms with Gasteiger partial charge in [-0.15, -0.1) is 0 Å². The third-order valence-corrected chi connectivity index (χ3v) is 21.1. The number of amides is 1. The quantitative estimate of drug-likeness (QED) is 0.578. The molecule has 23 heavy (non-hydrogen) atoms. The van der Waals surface area contributed by atoms with Gasteiger partial charge in [0.1, 0.15) is 0 Å². The van der Waals surface area contributed by atoms with Crippen molar-refractivity contribution in [2.24, 2.45) is 23.5 Å². The summed E-state index contributed by atoms with van der Waals surface area (Å²) in [7, 11) is 2.18. The Morgan fingerprint density at radius 3 is 2.00 bits per heavy atom. The summed E-state index contributed by atoms with van der Waals surface area (Å²) in [5.74, 6) is 3.32. The fraction of sp³-hybridized carbons (Fsp3) is 0.944. The van der Waals surface area contributed by atoms with Gasteiger partial charge in [0.15, 0.2) is 0 Å². The molecule has 2 N–H and O–H groups in total. The second-order valence-corrected chi connectivity index (χ2v) is 22.0. The van der Waals surface area contributed by atoms with Gasteiger partial charge in [0.25, 0.3) is 0 Å². The standard InChI is InChI=1S/C18H38GeN2OS/c1-14(2)7-9-19(10-8-15(3)4)21(11-12-23-19)18(22)17(20)13-16(5)6/h14-17H,7-13,20H2,1-6H3. The van der Waals surface area contributed by atoms with E-state index in [4.69, 9.17) is 5.73 Å². The van der Waals surface area contributed by atoms with Gasteiger partial charge in [0.2, 0.25) is 0 Å². The average molecular weight is 403 g/mol. The van der Waals surface area contributed by atoms with Crippen molar-refractivity contribution in [2.75, 3.05) is 12.3 Å². The molecule has 0 aromatic carbocycles. The van der Waals surface area contributed by atoms with Crippen LogP contribution in [0.3, 0.4) is 0 Å². The topological polar surface area (TPSA) is 46.3 Å². The van der Waals surface area contributed by atoms with E-state index in [2.05, 4.69) is 55.5 Å². The molecule has 0 radical (unpaired) electrons. The second kappa shape index (κ2) is 9.71. The third kappa shape index (κ3) is 6.62. The Labute approximate surface area is 150 Å². The summed E-state index contributed by atoms with van der Waals surface area (Å²) in [6, 6.07) is -0.295. The molecule has 1 amide bonds. The summed E-state index contributed by atoms with van der Waals surface area (Å²) >= 11 is -2.35. The van der Waals surface area contributed by atoms with Crippen LogP contribution in [0.15, 0.2) is 0 Å². The fourth-order valence-corrected chi connectivity index (χ4v) is 20.9. The Kier molecular flexibility index (Phi) is 9.02. The first-order valence-electron chi connectivity index (χ1n) is 9.39. The average Bonchev–Trinajstić information content (AvgIpc) is 2.85. The molecule has 0 bridgehead atoms. The van der Waals surface area contributed by atoms with Crippen molar-refractivity contribution < 1.29 is 4.79 Å². The summed E-state index contributed by atoms with van der Waals surface area (Å²) in [5, 5.41) is 2.57. The van der Waals surface area contributed by atoms with E-state index in [1.165, 1.54) is 23.3 Å². The molecule has 1 aliphatic heterocycles. The zero-order chi connectivity index (χ0) is 17.6. The Hall–Kier alpha value is 0.323. The molecular weight excluding hydrogens is 365 g/mol. The molecule has 0 aliphatic carbocycles. The molecule has 136 valence electrons. The summed E-state index contributed by atoms with van der Waals surface area (Å²) in [6.45, 7) is 14.5. The van der Waals surface area contributed by atoms with E-state index in [9.17, 15) is 4.79 Å². The van der Waals surface area contributed by atoms with Crippen molar-refractivity contribution in [1.82, 2.24) is 3.86 Å². The van der Waals surface area contributed by atoms with E-state index >= 15 is 0 Å². The van der Waals surface area contributed by atoms with E-state index in [1.807, 2.05) is 0 Å². The molecule has 0 saturated carbocycles. The number of carbonyl (C=O) groups is 1. The number of rotatable bonds is 9. The van der Waals surface area contributed by atoms with Crippen LogP contribution >= 0.6 is 10.1 Å². The molecule has 1 atom stereocenters. The van der Waals surface area contributed by atoms with Crippen LogP contribution in [0.4, 0.5) is 0 Å². The number of nitrogens with zero attached hydrogens (tertiary/aromatic N) is 1. The molecule has 5 heteroatoms. The normalized spacial score (nSPS) is 19.1. The third-order valence-electron chi connectivity index (χ3n) is 4.71. The number of hydrogen-bond donors (Lipinski definition) is 1. The van der Waals surface area contributed by atoms with Gasteiger partial charge in [-0.25, -0.2) is 0 Å². The van der Waals surface area contributed by atoms with Gasteiger partial charge < -0.3 is 0 Å². The van der Waals surface area contributed by atoms with Crippen molar-refractivity contribution >= 4 is 28.3 Å². The van der Waals surface area contributed by atoms with Gasteiger partial charge >= 0.3 is 150 Å². The minimum absolute atomic E-state index is 0.260. The zero-order valence-electron chi connectivity index (χ0n) is 16.1. The fourth-order valence-electron chi connectivity index (χ4n) is 3.30. The molecule has 0 aromatic rings. The van der Waals surface area contributed by atoms with Crippen LogP contribution in [-0.2, 0) is 4.79 Å². The molecule has 1 aliphatic rings. The molecule has 1 unspecified atom stereocenters. The molecule has 0 aromatic heterocycles. The number of nitrogens with two attached hydrogens (primary N) is 1. The van der Waals surface area contributed by atoms with Crippen LogP contribution in [0.5, 0.6) is 0 Å². The van der Waals surface area contributed by atoms with E-state index in [1.54, 1.807) is 0 Å². The summed E-state index contributed by atoms with van der Waals surface area (Å²) in [6.07, 6.45) is 3.33. The maximum atomic E-state index is 13.0. The Bertz CT molecular complexity index is 362. The molecular formula is C18H38GeN2OS. The Balaban J connectivity index is 2.88. The SMILES string of the molecule is CC(C)C[CH2][Ge]1([CH2]CC(C)C)[S]CC[N]1C(=O)C(N)CC(C)C. The van der Waals surface area contributed by atoms with Crippen LogP contribution < -0.4 is 5.73 Å². The maximum absolute atomic E-state index is 13.0. The predicted molar refractivity (Wildman–Crippen MR) is 106 cm³/mol. The molecule has 1 saturated heterocycles. The van der Waals surface area contributed by atoms with Crippen LogP contribution in [0.1, 0.15) is 60.8 Å². The van der Waals surface area contributed by atoms with Gasteiger partial charge in [0.05, 0.1) is 0 Å². The van der Waals surface area contributed by atoms with Crippen LogP contribution in [0, 0.1) is 17.8 Å². The number of carbonyl (C=O) groups excluding carboxylic acids is 1. The summed E-state index contributed by atoms with van der Waals surface area (Å²) in [4.78, 5) is 13.0. The molecule has 3 nitrogen and oxygen atoms in total. The van der Waals surface area contributed by atoms with Gasteiger partial charge in [-0.3, -0.25) is 0 Å². The van der Waals surface area contributed by atoms with Gasteiger partial charge in [-0.1, -0.05) is 0 Å². The minimum atomic E-state index is -2.35. The van der Waals surface area contributed by atoms with Crippen LogP contribution in [-0.4, -0.2) is 40.4 Å². The second-order valence-electron chi connectivity index (χ2n) is 8.39. The van der Waals surface area contributed by atoms with E-state index in [0.717, 1.165) is 30.6 Å². The molecule has 0 spiro atoms. The van der Waals surface area contributed by atoms with Gasteiger partial charge in [-0.05, 0) is 0 Å². The molecule has 1 fully saturated rings. The van der Waals surface area contributed by atoms with E-state index in [-0.39, 0.29) is 11.9 Å². The van der Waals surface area contributed by atoms with Crippen LogP contribution in [0.2, 0.25) is 10.5 Å². The summed E-state index contributed by atoms with van der Waals surface area (Å²) < 4.78 is 2.34. The van der Waals surface area contributed by atoms with Crippen LogP contribution in [0.25, 0.3) is 0 Å². The van der Waals surface area contributed by atoms with Crippen molar-refractivity contribution in [3.05, 3.63) is 0 Å². The summed E-state index contributed by atoms with van der Waals surface area (Å²) in [5.41, 5.74) is 6.26. The first kappa shape index (κ1) is 21.4. The van der Waals surface area contributed by atoms with Crippen molar-refractivity contribution in [3.8, 4) is 0 Å². The monoisotopic (exact) mass is 404 g/mol. The van der Waals surface area contributed by atoms with E-state index in [0.29, 0.717) is 5.92 Å². The van der Waals surface area contributed by atoms with Crippen molar-refractivity contribution in [2.45, 2.75) is 77.4 Å². The number of hydrogen-bond acceptors (Lipinski definition) is 3.